The molecule has 1 aromatic rings. The average Bonchev–Trinajstić information content (AvgIpc) is 2.20. The van der Waals surface area contributed by atoms with Crippen molar-refractivity contribution in [2.24, 2.45) is 0 Å². The molecular formula is C12H12S. The van der Waals surface area contributed by atoms with Gasteiger partial charge in [-0.1, -0.05) is 48.6 Å². The van der Waals surface area contributed by atoms with Gasteiger partial charge in [0.1, 0.15) is 0 Å². The average molecular weight is 188 g/mol. The van der Waals surface area contributed by atoms with Crippen LogP contribution in [-0.4, -0.2) is 0 Å². The highest BCUT2D eigenvalue weighted by atomic mass is 32.1. The highest BCUT2D eigenvalue weighted by Crippen LogP contribution is 2.27. The van der Waals surface area contributed by atoms with Gasteiger partial charge >= 0.3 is 0 Å². The lowest BCUT2D eigenvalue weighted by molar-refractivity contribution is 0.852. The number of thiol groups is 1. The van der Waals surface area contributed by atoms with Gasteiger partial charge in [0.15, 0.2) is 0 Å². The molecule has 0 bridgehead atoms. The van der Waals surface area contributed by atoms with Crippen molar-refractivity contribution in [2.75, 3.05) is 0 Å². The summed E-state index contributed by atoms with van der Waals surface area (Å²) in [4.78, 5) is 1.08. The summed E-state index contributed by atoms with van der Waals surface area (Å²) in [5.74, 6) is 0.539. The van der Waals surface area contributed by atoms with Crippen LogP contribution in [0.4, 0.5) is 0 Å². The molecule has 1 aromatic carbocycles. The Morgan fingerprint density at radius 3 is 2.54 bits per heavy atom. The van der Waals surface area contributed by atoms with Gasteiger partial charge in [-0.2, -0.15) is 0 Å². The number of benzene rings is 1. The summed E-state index contributed by atoms with van der Waals surface area (Å²) < 4.78 is 0. The van der Waals surface area contributed by atoms with Crippen LogP contribution in [0.25, 0.3) is 0 Å². The maximum absolute atomic E-state index is 4.29. The van der Waals surface area contributed by atoms with Crippen molar-refractivity contribution in [1.82, 2.24) is 0 Å². The maximum Gasteiger partial charge on any atom is 0.00565 e. The van der Waals surface area contributed by atoms with Crippen molar-refractivity contribution >= 4 is 12.6 Å². The van der Waals surface area contributed by atoms with Crippen molar-refractivity contribution < 1.29 is 0 Å². The van der Waals surface area contributed by atoms with Crippen molar-refractivity contribution in [3.63, 3.8) is 0 Å². The zero-order chi connectivity index (χ0) is 9.10. The van der Waals surface area contributed by atoms with E-state index in [-0.39, 0.29) is 0 Å². The Labute approximate surface area is 84.4 Å². The van der Waals surface area contributed by atoms with Crippen LogP contribution in [0.2, 0.25) is 0 Å². The van der Waals surface area contributed by atoms with E-state index < -0.39 is 0 Å². The molecule has 2 rings (SSSR count). The van der Waals surface area contributed by atoms with E-state index in [1.807, 2.05) is 0 Å². The van der Waals surface area contributed by atoms with Crippen LogP contribution in [0.3, 0.4) is 0 Å². The molecule has 0 nitrogen and oxygen atoms in total. The molecule has 1 aliphatic rings. The predicted molar refractivity (Wildman–Crippen MR) is 60.0 cm³/mol. The topological polar surface area (TPSA) is 0 Å². The number of hydrogen-bond donors (Lipinski definition) is 1. The normalized spacial score (nSPS) is 21.3. The van der Waals surface area contributed by atoms with E-state index in [1.165, 1.54) is 5.56 Å². The first-order valence-corrected chi connectivity index (χ1v) is 4.93. The van der Waals surface area contributed by atoms with E-state index in [2.05, 4.69) is 61.2 Å². The smallest absolute Gasteiger partial charge is 0.00565 e. The van der Waals surface area contributed by atoms with Gasteiger partial charge in [-0.25, -0.2) is 0 Å². The Bertz CT molecular complexity index is 335. The molecule has 0 N–H and O–H groups in total. The fourth-order valence-electron chi connectivity index (χ4n) is 1.56. The molecule has 0 heterocycles. The van der Waals surface area contributed by atoms with Crippen molar-refractivity contribution in [3.8, 4) is 0 Å². The molecule has 0 aromatic heterocycles. The molecule has 1 atom stereocenters. The second kappa shape index (κ2) is 3.84. The van der Waals surface area contributed by atoms with Crippen LogP contribution in [0, 0.1) is 0 Å². The second-order valence-electron chi connectivity index (χ2n) is 3.24. The summed E-state index contributed by atoms with van der Waals surface area (Å²) in [6.07, 6.45) is 7.53. The molecule has 0 spiro atoms. The van der Waals surface area contributed by atoms with Crippen LogP contribution < -0.4 is 0 Å². The highest BCUT2D eigenvalue weighted by molar-refractivity contribution is 7.84. The molecule has 0 radical (unpaired) electrons. The molecule has 66 valence electrons. The van der Waals surface area contributed by atoms with Crippen molar-refractivity contribution in [2.45, 2.75) is 12.3 Å². The Balaban J connectivity index is 2.18. The van der Waals surface area contributed by atoms with Gasteiger partial charge in [-0.15, -0.1) is 12.6 Å². The van der Waals surface area contributed by atoms with Gasteiger partial charge in [0.2, 0.25) is 0 Å². The second-order valence-corrected chi connectivity index (χ2v) is 3.76. The lowest BCUT2D eigenvalue weighted by atomic mass is 9.93. The molecule has 13 heavy (non-hydrogen) atoms. The predicted octanol–water partition coefficient (Wildman–Crippen LogP) is 3.54. The van der Waals surface area contributed by atoms with E-state index in [9.17, 15) is 0 Å². The minimum absolute atomic E-state index is 0.539. The quantitative estimate of drug-likeness (QED) is 0.640. The molecule has 1 heteroatoms. The Morgan fingerprint density at radius 1 is 1.15 bits per heavy atom. The zero-order valence-electron chi connectivity index (χ0n) is 7.35. The van der Waals surface area contributed by atoms with Gasteiger partial charge in [-0.3, -0.25) is 0 Å². The van der Waals surface area contributed by atoms with E-state index >= 15 is 0 Å². The fraction of sp³-hybridized carbons (Fsp3) is 0.167. The minimum Gasteiger partial charge on any atom is -0.144 e. The van der Waals surface area contributed by atoms with Crippen LogP contribution in [-0.2, 0) is 0 Å². The third kappa shape index (κ3) is 2.04. The molecule has 0 aliphatic heterocycles. The molecule has 0 saturated heterocycles. The van der Waals surface area contributed by atoms with Gasteiger partial charge < -0.3 is 0 Å². The summed E-state index contributed by atoms with van der Waals surface area (Å²) >= 11 is 4.29. The van der Waals surface area contributed by atoms with Crippen molar-refractivity contribution in [3.05, 3.63) is 59.0 Å². The van der Waals surface area contributed by atoms with Crippen LogP contribution in [0.15, 0.2) is 53.5 Å². The monoisotopic (exact) mass is 188 g/mol. The largest absolute Gasteiger partial charge is 0.144 e. The van der Waals surface area contributed by atoms with Crippen LogP contribution in [0.1, 0.15) is 17.9 Å². The maximum atomic E-state index is 4.29. The summed E-state index contributed by atoms with van der Waals surface area (Å²) in [5, 5.41) is 0. The SMILES string of the molecule is SC1=CCC(c2ccccc2)C=C1. The van der Waals surface area contributed by atoms with E-state index in [0.29, 0.717) is 5.92 Å². The molecule has 0 amide bonds. The fourth-order valence-corrected chi connectivity index (χ4v) is 1.75. The first-order chi connectivity index (χ1) is 6.36. The lowest BCUT2D eigenvalue weighted by Gasteiger charge is -2.14. The van der Waals surface area contributed by atoms with E-state index in [4.69, 9.17) is 0 Å². The Kier molecular flexibility index (Phi) is 2.55. The summed E-state index contributed by atoms with van der Waals surface area (Å²) in [5.41, 5.74) is 1.39. The first-order valence-electron chi connectivity index (χ1n) is 4.48. The summed E-state index contributed by atoms with van der Waals surface area (Å²) in [6, 6.07) is 10.6. The molecule has 0 saturated carbocycles. The molecular weight excluding hydrogens is 176 g/mol. The third-order valence-corrected chi connectivity index (χ3v) is 2.64. The number of hydrogen-bond acceptors (Lipinski definition) is 1. The first kappa shape index (κ1) is 8.64. The van der Waals surface area contributed by atoms with Gasteiger partial charge in [0, 0.05) is 5.92 Å². The van der Waals surface area contributed by atoms with Gasteiger partial charge in [-0.05, 0) is 16.9 Å². The van der Waals surface area contributed by atoms with Gasteiger partial charge in [0.05, 0.1) is 0 Å². The molecule has 0 fully saturated rings. The lowest BCUT2D eigenvalue weighted by Crippen LogP contribution is -1.96. The minimum atomic E-state index is 0.539. The van der Waals surface area contributed by atoms with Gasteiger partial charge in [0.25, 0.3) is 0 Å². The van der Waals surface area contributed by atoms with Crippen molar-refractivity contribution in [1.29, 1.82) is 0 Å². The Hall–Kier alpha value is -0.950. The zero-order valence-corrected chi connectivity index (χ0v) is 8.24. The van der Waals surface area contributed by atoms with E-state index in [0.717, 1.165) is 11.3 Å². The number of allylic oxidation sites excluding steroid dienone is 3. The van der Waals surface area contributed by atoms with E-state index in [1.54, 1.807) is 0 Å². The Morgan fingerprint density at radius 2 is 1.92 bits per heavy atom. The molecule has 1 unspecified atom stereocenters. The summed E-state index contributed by atoms with van der Waals surface area (Å²) in [7, 11) is 0. The van der Waals surface area contributed by atoms with Crippen LogP contribution >= 0.6 is 12.6 Å². The summed E-state index contributed by atoms with van der Waals surface area (Å²) in [6.45, 7) is 0. The number of rotatable bonds is 1. The standard InChI is InChI=1S/C12H12S/c13-12-8-6-11(7-9-12)10-4-2-1-3-5-10/h1-6,8-9,11,13H,7H2. The third-order valence-electron chi connectivity index (χ3n) is 2.31. The highest BCUT2D eigenvalue weighted by Gasteiger charge is 2.08. The molecule has 1 aliphatic carbocycles. The van der Waals surface area contributed by atoms with Crippen LogP contribution in [0.5, 0.6) is 0 Å².